The molecule has 0 aliphatic carbocycles. The van der Waals surface area contributed by atoms with Crippen molar-refractivity contribution in [1.29, 1.82) is 0 Å². The number of aromatic nitrogens is 1. The van der Waals surface area contributed by atoms with Gasteiger partial charge in [0.25, 0.3) is 0 Å². The van der Waals surface area contributed by atoms with Crippen LogP contribution in [0.2, 0.25) is 0 Å². The van der Waals surface area contributed by atoms with E-state index in [1.165, 1.54) is 0 Å². The molecule has 0 fully saturated rings. The summed E-state index contributed by atoms with van der Waals surface area (Å²) in [5.41, 5.74) is 6.30. The number of aliphatic carboxylic acids is 1. The Hall–Kier alpha value is -1.57. The first-order valence-corrected chi connectivity index (χ1v) is 4.64. The van der Waals surface area contributed by atoms with Crippen LogP contribution in [0.1, 0.15) is 31.2 Å². The molecule has 0 atom stereocenters. The first-order chi connectivity index (χ1) is 7.68. The van der Waals surface area contributed by atoms with E-state index in [1.54, 1.807) is 0 Å². The van der Waals surface area contributed by atoms with Gasteiger partial charge in [0.1, 0.15) is 0 Å². The Bertz CT molecular complexity index is 361. The van der Waals surface area contributed by atoms with Crippen LogP contribution in [0.3, 0.4) is 0 Å². The Labute approximate surface area is 95.4 Å². The summed E-state index contributed by atoms with van der Waals surface area (Å²) in [5.74, 6) is -1.58. The number of carboxylic acids is 1. The summed E-state index contributed by atoms with van der Waals surface area (Å²) in [6, 6.07) is 1.89. The molecule has 0 bridgehead atoms. The highest BCUT2D eigenvalue weighted by Crippen LogP contribution is 2.13. The van der Waals surface area contributed by atoms with Gasteiger partial charge in [0.2, 0.25) is 0 Å². The van der Waals surface area contributed by atoms with E-state index in [0.29, 0.717) is 12.5 Å². The van der Waals surface area contributed by atoms with E-state index in [4.69, 9.17) is 20.2 Å². The first kappa shape index (κ1) is 15.4. The summed E-state index contributed by atoms with van der Waals surface area (Å²) in [6.07, 6.45) is -5.08. The van der Waals surface area contributed by atoms with Crippen molar-refractivity contribution in [3.63, 3.8) is 0 Å². The quantitative estimate of drug-likeness (QED) is 0.841. The van der Waals surface area contributed by atoms with Crippen molar-refractivity contribution in [2.75, 3.05) is 0 Å². The molecular formula is C9H13F3N2O3. The number of carbonyl (C=O) groups is 1. The zero-order chi connectivity index (χ0) is 13.6. The second kappa shape index (κ2) is 6.24. The molecule has 0 unspecified atom stereocenters. The van der Waals surface area contributed by atoms with E-state index in [2.05, 4.69) is 19.0 Å². The molecule has 8 heteroatoms. The fourth-order valence-corrected chi connectivity index (χ4v) is 0.697. The lowest BCUT2D eigenvalue weighted by Gasteiger charge is -1.93. The average Bonchev–Trinajstić information content (AvgIpc) is 2.65. The maximum Gasteiger partial charge on any atom is 0.490 e. The van der Waals surface area contributed by atoms with Crippen LogP contribution in [0.25, 0.3) is 0 Å². The van der Waals surface area contributed by atoms with Crippen LogP contribution in [-0.4, -0.2) is 22.4 Å². The van der Waals surface area contributed by atoms with Gasteiger partial charge in [-0.25, -0.2) is 4.79 Å². The van der Waals surface area contributed by atoms with Crippen LogP contribution >= 0.6 is 0 Å². The van der Waals surface area contributed by atoms with Crippen LogP contribution in [-0.2, 0) is 11.3 Å². The third-order valence-electron chi connectivity index (χ3n) is 1.61. The van der Waals surface area contributed by atoms with Crippen molar-refractivity contribution in [3.8, 4) is 0 Å². The molecule has 0 aromatic carbocycles. The highest BCUT2D eigenvalue weighted by atomic mass is 19.4. The molecule has 1 aromatic rings. The van der Waals surface area contributed by atoms with Gasteiger partial charge in [-0.2, -0.15) is 13.2 Å². The van der Waals surface area contributed by atoms with Crippen molar-refractivity contribution in [3.05, 3.63) is 17.5 Å². The molecule has 0 aliphatic rings. The Kier molecular flexibility index (Phi) is 5.66. The molecule has 1 aromatic heterocycles. The predicted molar refractivity (Wildman–Crippen MR) is 52.2 cm³/mol. The molecule has 0 saturated carbocycles. The van der Waals surface area contributed by atoms with Crippen molar-refractivity contribution in [1.82, 2.24) is 5.16 Å². The lowest BCUT2D eigenvalue weighted by Crippen LogP contribution is -2.21. The number of hydrogen-bond acceptors (Lipinski definition) is 4. The molecule has 0 saturated heterocycles. The standard InChI is InChI=1S/C7H12N2O.C2HF3O2/c1-5(2)7-3-6(4-8)10-9-7;3-2(4,5)1(6)7/h3,5H,4,8H2,1-2H3;(H,6,7). The minimum atomic E-state index is -5.08. The fourth-order valence-electron chi connectivity index (χ4n) is 0.697. The van der Waals surface area contributed by atoms with Gasteiger partial charge in [0, 0.05) is 6.07 Å². The van der Waals surface area contributed by atoms with Crippen LogP contribution in [0.4, 0.5) is 13.2 Å². The molecular weight excluding hydrogens is 241 g/mol. The number of nitrogens with two attached hydrogens (primary N) is 1. The fraction of sp³-hybridized carbons (Fsp3) is 0.556. The summed E-state index contributed by atoms with van der Waals surface area (Å²) >= 11 is 0. The Morgan fingerprint density at radius 3 is 2.24 bits per heavy atom. The predicted octanol–water partition coefficient (Wildman–Crippen LogP) is 1.89. The summed E-state index contributed by atoms with van der Waals surface area (Å²) < 4.78 is 36.6. The Morgan fingerprint density at radius 2 is 2.06 bits per heavy atom. The summed E-state index contributed by atoms with van der Waals surface area (Å²) in [6.45, 7) is 4.57. The highest BCUT2D eigenvalue weighted by Gasteiger charge is 2.38. The van der Waals surface area contributed by atoms with Gasteiger partial charge < -0.3 is 15.4 Å². The molecule has 0 aliphatic heterocycles. The van der Waals surface area contributed by atoms with E-state index >= 15 is 0 Å². The van der Waals surface area contributed by atoms with Crippen molar-refractivity contribution >= 4 is 5.97 Å². The summed E-state index contributed by atoms with van der Waals surface area (Å²) in [4.78, 5) is 8.90. The number of carboxylic acid groups (broad SMARTS) is 1. The molecule has 17 heavy (non-hydrogen) atoms. The van der Waals surface area contributed by atoms with Gasteiger partial charge in [-0.3, -0.25) is 0 Å². The SMILES string of the molecule is CC(C)c1cc(CN)on1.O=C(O)C(F)(F)F. The topological polar surface area (TPSA) is 89.4 Å². The van der Waals surface area contributed by atoms with Gasteiger partial charge in [-0.1, -0.05) is 19.0 Å². The molecule has 0 amide bonds. The summed E-state index contributed by atoms with van der Waals surface area (Å²) in [5, 5.41) is 11.0. The van der Waals surface area contributed by atoms with Gasteiger partial charge in [-0.05, 0) is 5.92 Å². The monoisotopic (exact) mass is 254 g/mol. The summed E-state index contributed by atoms with van der Waals surface area (Å²) in [7, 11) is 0. The van der Waals surface area contributed by atoms with E-state index in [1.807, 2.05) is 6.07 Å². The molecule has 3 N–H and O–H groups in total. The molecule has 1 rings (SSSR count). The molecule has 98 valence electrons. The molecule has 0 spiro atoms. The van der Waals surface area contributed by atoms with Crippen LogP contribution in [0, 0.1) is 0 Å². The van der Waals surface area contributed by atoms with Crippen molar-refractivity contribution in [2.24, 2.45) is 5.73 Å². The Balaban J connectivity index is 0.000000325. The van der Waals surface area contributed by atoms with E-state index in [0.717, 1.165) is 11.5 Å². The van der Waals surface area contributed by atoms with Crippen LogP contribution < -0.4 is 5.73 Å². The van der Waals surface area contributed by atoms with Crippen LogP contribution in [0.15, 0.2) is 10.6 Å². The number of rotatable bonds is 2. The molecule has 1 heterocycles. The third-order valence-corrected chi connectivity index (χ3v) is 1.61. The third kappa shape index (κ3) is 5.91. The second-order valence-corrected chi connectivity index (χ2v) is 3.38. The minimum absolute atomic E-state index is 0.420. The second-order valence-electron chi connectivity index (χ2n) is 3.38. The minimum Gasteiger partial charge on any atom is -0.475 e. The maximum absolute atomic E-state index is 10.6. The zero-order valence-corrected chi connectivity index (χ0v) is 9.28. The lowest BCUT2D eigenvalue weighted by atomic mass is 10.1. The number of hydrogen-bond donors (Lipinski definition) is 2. The lowest BCUT2D eigenvalue weighted by molar-refractivity contribution is -0.192. The van der Waals surface area contributed by atoms with Crippen molar-refractivity contribution in [2.45, 2.75) is 32.5 Å². The molecule has 0 radical (unpaired) electrons. The van der Waals surface area contributed by atoms with Crippen LogP contribution in [0.5, 0.6) is 0 Å². The number of nitrogens with zero attached hydrogens (tertiary/aromatic N) is 1. The largest absolute Gasteiger partial charge is 0.490 e. The maximum atomic E-state index is 10.6. The smallest absolute Gasteiger partial charge is 0.475 e. The van der Waals surface area contributed by atoms with Gasteiger partial charge >= 0.3 is 12.1 Å². The van der Waals surface area contributed by atoms with Gasteiger partial charge in [-0.15, -0.1) is 0 Å². The van der Waals surface area contributed by atoms with Gasteiger partial charge in [0.05, 0.1) is 12.2 Å². The van der Waals surface area contributed by atoms with Gasteiger partial charge in [0.15, 0.2) is 5.76 Å². The number of halogens is 3. The first-order valence-electron chi connectivity index (χ1n) is 4.64. The van der Waals surface area contributed by atoms with E-state index < -0.39 is 12.1 Å². The van der Waals surface area contributed by atoms with Crippen molar-refractivity contribution < 1.29 is 27.6 Å². The number of alkyl halides is 3. The Morgan fingerprint density at radius 1 is 1.59 bits per heavy atom. The average molecular weight is 254 g/mol. The normalized spacial score (nSPS) is 11.0. The molecule has 5 nitrogen and oxygen atoms in total. The zero-order valence-electron chi connectivity index (χ0n) is 9.28. The highest BCUT2D eigenvalue weighted by molar-refractivity contribution is 5.73. The van der Waals surface area contributed by atoms with E-state index in [-0.39, 0.29) is 0 Å². The van der Waals surface area contributed by atoms with E-state index in [9.17, 15) is 13.2 Å².